The van der Waals surface area contributed by atoms with Crippen LogP contribution in [0, 0.1) is 30.3 Å². The van der Waals surface area contributed by atoms with Crippen molar-refractivity contribution in [1.29, 1.82) is 0 Å². The molecule has 0 heterocycles. The molecule has 2 aromatic carbocycles. The second kappa shape index (κ2) is 6.88. The molecule has 0 amide bonds. The molecule has 128 valence electrons. The Balaban J connectivity index is 2.56. The lowest BCUT2D eigenvalue weighted by atomic mass is 10.2. The molecule has 0 radical (unpaired) electrons. The molecule has 0 bridgehead atoms. The fourth-order valence-electron chi connectivity index (χ4n) is 1.80. The third-order valence-electron chi connectivity index (χ3n) is 2.91. The molecule has 0 saturated carbocycles. The van der Waals surface area contributed by atoms with Gasteiger partial charge in [0.1, 0.15) is 0 Å². The summed E-state index contributed by atoms with van der Waals surface area (Å²) in [6.07, 6.45) is 0. The zero-order valence-electron chi connectivity index (χ0n) is 11.9. The van der Waals surface area contributed by atoms with Gasteiger partial charge in [-0.05, 0) is 24.3 Å². The summed E-state index contributed by atoms with van der Waals surface area (Å²) < 4.78 is 4.77. The van der Waals surface area contributed by atoms with Gasteiger partial charge in [-0.1, -0.05) is 11.6 Å². The number of nitrogens with zero attached hydrogens (tertiary/aromatic N) is 3. The van der Waals surface area contributed by atoms with Gasteiger partial charge in [0.25, 0.3) is 11.4 Å². The number of halogens is 1. The van der Waals surface area contributed by atoms with E-state index in [0.29, 0.717) is 17.2 Å². The van der Waals surface area contributed by atoms with E-state index in [-0.39, 0.29) is 5.56 Å². The average Bonchev–Trinajstić information content (AvgIpc) is 2.54. The first-order valence-electron chi connectivity index (χ1n) is 6.29. The van der Waals surface area contributed by atoms with Gasteiger partial charge in [-0.2, -0.15) is 0 Å². The molecule has 0 aliphatic heterocycles. The number of benzene rings is 2. The van der Waals surface area contributed by atoms with Crippen LogP contribution in [0.5, 0.6) is 5.75 Å². The summed E-state index contributed by atoms with van der Waals surface area (Å²) in [5.74, 6) is -2.13. The number of carbonyl (C=O) groups is 1. The number of ether oxygens (including phenoxy) is 1. The predicted octanol–water partition coefficient (Wildman–Crippen LogP) is 3.28. The van der Waals surface area contributed by atoms with Crippen molar-refractivity contribution in [3.05, 3.63) is 77.3 Å². The van der Waals surface area contributed by atoms with Crippen LogP contribution < -0.4 is 4.74 Å². The fourth-order valence-corrected chi connectivity index (χ4v) is 1.93. The molecule has 0 aromatic heterocycles. The van der Waals surface area contributed by atoms with Gasteiger partial charge in [0, 0.05) is 5.02 Å². The summed E-state index contributed by atoms with van der Waals surface area (Å²) in [4.78, 5) is 41.7. The van der Waals surface area contributed by atoms with E-state index in [0.717, 1.165) is 0 Å². The third-order valence-corrected chi connectivity index (χ3v) is 3.17. The maximum absolute atomic E-state index is 12.0. The maximum Gasteiger partial charge on any atom is 0.344 e. The van der Waals surface area contributed by atoms with Gasteiger partial charge in [0.15, 0.2) is 0 Å². The third kappa shape index (κ3) is 3.84. The number of non-ortho nitro benzene ring substituents is 1. The molecule has 0 aliphatic rings. The number of hydrogen-bond donors (Lipinski definition) is 0. The summed E-state index contributed by atoms with van der Waals surface area (Å²) in [6.45, 7) is 0. The van der Waals surface area contributed by atoms with Crippen LogP contribution in [0.15, 0.2) is 36.4 Å². The van der Waals surface area contributed by atoms with Crippen molar-refractivity contribution in [2.24, 2.45) is 0 Å². The highest BCUT2D eigenvalue weighted by atomic mass is 35.5. The van der Waals surface area contributed by atoms with Gasteiger partial charge in [0.2, 0.25) is 0 Å². The number of esters is 1. The normalized spacial score (nSPS) is 10.1. The lowest BCUT2D eigenvalue weighted by Gasteiger charge is -2.06. The van der Waals surface area contributed by atoms with Crippen molar-refractivity contribution in [2.45, 2.75) is 0 Å². The second-order valence-electron chi connectivity index (χ2n) is 4.48. The monoisotopic (exact) mass is 367 g/mol. The van der Waals surface area contributed by atoms with Crippen LogP contribution in [0.4, 0.5) is 17.1 Å². The van der Waals surface area contributed by atoms with Gasteiger partial charge in [-0.15, -0.1) is 0 Å². The fraction of sp³-hybridized carbons (Fsp3) is 0. The molecule has 2 aromatic rings. The van der Waals surface area contributed by atoms with Gasteiger partial charge in [-0.25, -0.2) is 4.79 Å². The summed E-state index contributed by atoms with van der Waals surface area (Å²) in [5, 5.41) is 33.3. The van der Waals surface area contributed by atoms with E-state index in [1.54, 1.807) is 0 Å². The van der Waals surface area contributed by atoms with Crippen LogP contribution in [0.25, 0.3) is 0 Å². The minimum atomic E-state index is -1.13. The Morgan fingerprint density at radius 2 is 1.36 bits per heavy atom. The van der Waals surface area contributed by atoms with E-state index in [9.17, 15) is 35.1 Å². The van der Waals surface area contributed by atoms with Crippen LogP contribution in [-0.4, -0.2) is 20.7 Å². The number of nitro groups is 3. The molecule has 2 rings (SSSR count). The summed E-state index contributed by atoms with van der Waals surface area (Å²) in [6, 6.07) is 6.12. The number of rotatable bonds is 5. The van der Waals surface area contributed by atoms with Crippen LogP contribution >= 0.6 is 11.6 Å². The topological polar surface area (TPSA) is 156 Å². The highest BCUT2D eigenvalue weighted by molar-refractivity contribution is 6.30. The molecule has 0 spiro atoms. The zero-order chi connectivity index (χ0) is 18.7. The SMILES string of the molecule is O=C(Oc1c([N+](=O)[O-])cc([N+](=O)[O-])cc1[N+](=O)[O-])c1ccc(Cl)cc1. The van der Waals surface area contributed by atoms with Crippen molar-refractivity contribution in [3.8, 4) is 5.75 Å². The second-order valence-corrected chi connectivity index (χ2v) is 4.92. The summed E-state index contributed by atoms with van der Waals surface area (Å²) >= 11 is 5.66. The van der Waals surface area contributed by atoms with Crippen molar-refractivity contribution < 1.29 is 24.3 Å². The summed E-state index contributed by atoms with van der Waals surface area (Å²) in [7, 11) is 0. The lowest BCUT2D eigenvalue weighted by Crippen LogP contribution is -2.11. The van der Waals surface area contributed by atoms with E-state index in [4.69, 9.17) is 16.3 Å². The standard InChI is InChI=1S/C13H6ClN3O8/c14-8-3-1-7(2-4-8)13(18)25-12-10(16(21)22)5-9(15(19)20)6-11(12)17(23)24/h1-6H. The Morgan fingerprint density at radius 3 is 1.76 bits per heavy atom. The molecule has 25 heavy (non-hydrogen) atoms. The molecule has 0 atom stereocenters. The average molecular weight is 368 g/mol. The Kier molecular flexibility index (Phi) is 4.89. The zero-order valence-corrected chi connectivity index (χ0v) is 12.7. The highest BCUT2D eigenvalue weighted by Gasteiger charge is 2.33. The Hall–Kier alpha value is -3.60. The molecule has 12 heteroatoms. The maximum atomic E-state index is 12.0. The van der Waals surface area contributed by atoms with Crippen molar-refractivity contribution in [2.75, 3.05) is 0 Å². The summed E-state index contributed by atoms with van der Waals surface area (Å²) in [5.41, 5.74) is -3.12. The van der Waals surface area contributed by atoms with Crippen molar-refractivity contribution in [1.82, 2.24) is 0 Å². The lowest BCUT2D eigenvalue weighted by molar-refractivity contribution is -0.404. The van der Waals surface area contributed by atoms with Gasteiger partial charge in [-0.3, -0.25) is 30.3 Å². The van der Waals surface area contributed by atoms with Gasteiger partial charge in [0.05, 0.1) is 32.5 Å². The van der Waals surface area contributed by atoms with E-state index in [2.05, 4.69) is 0 Å². The number of hydrogen-bond acceptors (Lipinski definition) is 8. The Morgan fingerprint density at radius 1 is 0.880 bits per heavy atom. The minimum absolute atomic E-state index is 0.0775. The van der Waals surface area contributed by atoms with E-state index >= 15 is 0 Å². The van der Waals surface area contributed by atoms with Crippen LogP contribution in [0.3, 0.4) is 0 Å². The van der Waals surface area contributed by atoms with Crippen molar-refractivity contribution >= 4 is 34.6 Å². The number of nitro benzene ring substituents is 3. The van der Waals surface area contributed by atoms with E-state index in [1.165, 1.54) is 24.3 Å². The molecule has 11 nitrogen and oxygen atoms in total. The quantitative estimate of drug-likeness (QED) is 0.337. The molecule has 0 saturated heterocycles. The van der Waals surface area contributed by atoms with E-state index < -0.39 is 43.6 Å². The molecule has 0 N–H and O–H groups in total. The first kappa shape index (κ1) is 17.7. The highest BCUT2D eigenvalue weighted by Crippen LogP contribution is 2.40. The first-order valence-corrected chi connectivity index (χ1v) is 6.67. The molecular formula is C13H6ClN3O8. The number of carbonyl (C=O) groups excluding carboxylic acids is 1. The van der Waals surface area contributed by atoms with Gasteiger partial charge >= 0.3 is 17.3 Å². The van der Waals surface area contributed by atoms with Gasteiger partial charge < -0.3 is 4.74 Å². The van der Waals surface area contributed by atoms with Crippen molar-refractivity contribution in [3.63, 3.8) is 0 Å². The smallest absolute Gasteiger partial charge is 0.344 e. The van der Waals surface area contributed by atoms with Crippen LogP contribution in [-0.2, 0) is 0 Å². The van der Waals surface area contributed by atoms with E-state index in [1.807, 2.05) is 0 Å². The minimum Gasteiger partial charge on any atom is -0.408 e. The molecule has 0 unspecified atom stereocenters. The van der Waals surface area contributed by atoms with Crippen LogP contribution in [0.2, 0.25) is 5.02 Å². The predicted molar refractivity (Wildman–Crippen MR) is 82.8 cm³/mol. The molecule has 0 fully saturated rings. The Bertz CT molecular complexity index is 862. The Labute approximate surface area is 142 Å². The molecule has 0 aliphatic carbocycles. The largest absolute Gasteiger partial charge is 0.408 e. The van der Waals surface area contributed by atoms with Crippen LogP contribution in [0.1, 0.15) is 10.4 Å². The molecular weight excluding hydrogens is 362 g/mol. The first-order chi connectivity index (χ1) is 11.7.